The van der Waals surface area contributed by atoms with Gasteiger partial charge in [-0.2, -0.15) is 0 Å². The molecule has 2 aromatic carbocycles. The molecule has 2 nitrogen and oxygen atoms in total. The highest BCUT2D eigenvalue weighted by atomic mass is 35.5. The largest absolute Gasteiger partial charge is 0.351 e. The minimum Gasteiger partial charge on any atom is -0.351 e. The summed E-state index contributed by atoms with van der Waals surface area (Å²) in [4.78, 5) is 12.2. The quantitative estimate of drug-likeness (QED) is 0.857. The first-order chi connectivity index (χ1) is 9.78. The predicted octanol–water partition coefficient (Wildman–Crippen LogP) is 3.38. The second-order valence-electron chi connectivity index (χ2n) is 5.13. The van der Waals surface area contributed by atoms with Gasteiger partial charge in [-0.15, -0.1) is 11.6 Å². The third-order valence-corrected chi connectivity index (χ3v) is 4.09. The first-order valence-corrected chi connectivity index (χ1v) is 7.30. The summed E-state index contributed by atoms with van der Waals surface area (Å²) in [6.45, 7) is 0.558. The molecule has 0 aromatic heterocycles. The van der Waals surface area contributed by atoms with Crippen molar-refractivity contribution in [2.24, 2.45) is 0 Å². The van der Waals surface area contributed by atoms with Gasteiger partial charge in [-0.05, 0) is 28.7 Å². The molecule has 1 aliphatic carbocycles. The van der Waals surface area contributed by atoms with E-state index >= 15 is 0 Å². The van der Waals surface area contributed by atoms with Crippen LogP contribution < -0.4 is 5.32 Å². The van der Waals surface area contributed by atoms with E-state index in [1.54, 1.807) is 0 Å². The molecule has 0 aliphatic heterocycles. The van der Waals surface area contributed by atoms with Crippen LogP contribution in [0, 0.1) is 0 Å². The fourth-order valence-corrected chi connectivity index (χ4v) is 2.79. The summed E-state index contributed by atoms with van der Waals surface area (Å²) in [5, 5.41) is 3.01. The van der Waals surface area contributed by atoms with Crippen LogP contribution >= 0.6 is 11.6 Å². The van der Waals surface area contributed by atoms with E-state index in [0.717, 1.165) is 17.5 Å². The van der Waals surface area contributed by atoms with Crippen molar-refractivity contribution in [3.05, 3.63) is 70.8 Å². The molecule has 3 rings (SSSR count). The van der Waals surface area contributed by atoms with Crippen molar-refractivity contribution < 1.29 is 4.79 Å². The van der Waals surface area contributed by atoms with Crippen molar-refractivity contribution in [1.82, 2.24) is 5.32 Å². The molecule has 3 heteroatoms. The summed E-state index contributed by atoms with van der Waals surface area (Å²) >= 11 is 5.81. The predicted molar refractivity (Wildman–Crippen MR) is 80.7 cm³/mol. The molecule has 1 aliphatic rings. The number of rotatable bonds is 4. The zero-order chi connectivity index (χ0) is 13.9. The minimum atomic E-state index is 0.0161. The van der Waals surface area contributed by atoms with Gasteiger partial charge in [0.1, 0.15) is 0 Å². The number of benzene rings is 2. The zero-order valence-electron chi connectivity index (χ0n) is 11.1. The van der Waals surface area contributed by atoms with E-state index in [0.29, 0.717) is 12.4 Å². The van der Waals surface area contributed by atoms with Crippen LogP contribution in [0.1, 0.15) is 28.2 Å². The lowest BCUT2D eigenvalue weighted by molar-refractivity contribution is -0.123. The molecule has 1 amide bonds. The zero-order valence-corrected chi connectivity index (χ0v) is 11.9. The van der Waals surface area contributed by atoms with E-state index in [-0.39, 0.29) is 11.8 Å². The normalized spacial score (nSPS) is 16.1. The number of carbonyl (C=O) groups is 1. The van der Waals surface area contributed by atoms with Gasteiger partial charge in [-0.1, -0.05) is 48.5 Å². The third-order valence-electron chi connectivity index (χ3n) is 3.78. The molecular formula is C17H16ClNO. The Morgan fingerprint density at radius 2 is 1.95 bits per heavy atom. The minimum absolute atomic E-state index is 0.0161. The van der Waals surface area contributed by atoms with Gasteiger partial charge in [0.15, 0.2) is 0 Å². The Morgan fingerprint density at radius 1 is 1.15 bits per heavy atom. The molecule has 2 aromatic rings. The van der Waals surface area contributed by atoms with Crippen LogP contribution in [-0.4, -0.2) is 5.91 Å². The van der Waals surface area contributed by atoms with Gasteiger partial charge in [-0.3, -0.25) is 4.79 Å². The maximum absolute atomic E-state index is 12.2. The van der Waals surface area contributed by atoms with E-state index in [9.17, 15) is 4.79 Å². The molecular weight excluding hydrogens is 270 g/mol. The maximum Gasteiger partial charge on any atom is 0.228 e. The van der Waals surface area contributed by atoms with Crippen molar-refractivity contribution in [2.45, 2.75) is 24.8 Å². The van der Waals surface area contributed by atoms with Gasteiger partial charge < -0.3 is 5.32 Å². The molecule has 102 valence electrons. The molecule has 0 bridgehead atoms. The highest BCUT2D eigenvalue weighted by molar-refractivity contribution is 6.17. The molecule has 0 radical (unpaired) electrons. The summed E-state index contributed by atoms with van der Waals surface area (Å²) in [6, 6.07) is 16.1. The number of hydrogen-bond donors (Lipinski definition) is 1. The van der Waals surface area contributed by atoms with Gasteiger partial charge in [0.05, 0.1) is 5.92 Å². The summed E-state index contributed by atoms with van der Waals surface area (Å²) in [5.74, 6) is 0.625. The van der Waals surface area contributed by atoms with Crippen molar-refractivity contribution >= 4 is 17.5 Å². The molecule has 0 spiro atoms. The van der Waals surface area contributed by atoms with Crippen LogP contribution in [-0.2, 0) is 23.6 Å². The maximum atomic E-state index is 12.2. The second-order valence-corrected chi connectivity index (χ2v) is 5.39. The number of nitrogens with one attached hydrogen (secondary N) is 1. The Bertz CT molecular complexity index is 638. The summed E-state index contributed by atoms with van der Waals surface area (Å²) in [7, 11) is 0. The highest BCUT2D eigenvalue weighted by Gasteiger charge is 2.31. The lowest BCUT2D eigenvalue weighted by Gasteiger charge is -2.28. The van der Waals surface area contributed by atoms with Crippen LogP contribution in [0.3, 0.4) is 0 Å². The lowest BCUT2D eigenvalue weighted by atomic mass is 9.77. The van der Waals surface area contributed by atoms with Crippen LogP contribution in [0.2, 0.25) is 0 Å². The van der Waals surface area contributed by atoms with E-state index in [2.05, 4.69) is 11.4 Å². The topological polar surface area (TPSA) is 29.1 Å². The fourth-order valence-electron chi connectivity index (χ4n) is 2.63. The van der Waals surface area contributed by atoms with E-state index in [1.165, 1.54) is 11.1 Å². The fraction of sp³-hybridized carbons (Fsp3) is 0.235. The van der Waals surface area contributed by atoms with Gasteiger partial charge in [0.25, 0.3) is 0 Å². The summed E-state index contributed by atoms with van der Waals surface area (Å²) in [5.41, 5.74) is 4.62. The molecule has 0 saturated carbocycles. The van der Waals surface area contributed by atoms with Crippen LogP contribution in [0.4, 0.5) is 0 Å². The molecule has 0 saturated heterocycles. The average molecular weight is 286 g/mol. The summed E-state index contributed by atoms with van der Waals surface area (Å²) in [6.07, 6.45) is 0.851. The smallest absolute Gasteiger partial charge is 0.228 e. The summed E-state index contributed by atoms with van der Waals surface area (Å²) < 4.78 is 0. The lowest BCUT2D eigenvalue weighted by Crippen LogP contribution is -2.35. The third kappa shape index (κ3) is 2.56. The Hall–Kier alpha value is -1.80. The molecule has 1 atom stereocenters. The average Bonchev–Trinajstić information content (AvgIpc) is 2.46. The Morgan fingerprint density at radius 3 is 2.75 bits per heavy atom. The molecule has 0 fully saturated rings. The van der Waals surface area contributed by atoms with Crippen LogP contribution in [0.5, 0.6) is 0 Å². The van der Waals surface area contributed by atoms with Gasteiger partial charge in [0.2, 0.25) is 5.91 Å². The molecule has 0 heterocycles. The number of fused-ring (bicyclic) bond motifs is 1. The standard InChI is InChI=1S/C17H16ClNO/c18-10-12-4-3-5-13(8-12)11-19-17(20)16-9-14-6-1-2-7-15(14)16/h1-8,16H,9-11H2,(H,19,20). The highest BCUT2D eigenvalue weighted by Crippen LogP contribution is 2.34. The molecule has 20 heavy (non-hydrogen) atoms. The van der Waals surface area contributed by atoms with E-state index in [4.69, 9.17) is 11.6 Å². The Balaban J connectivity index is 1.61. The number of hydrogen-bond acceptors (Lipinski definition) is 1. The van der Waals surface area contributed by atoms with Crippen molar-refractivity contribution in [2.75, 3.05) is 0 Å². The second kappa shape index (κ2) is 5.68. The monoisotopic (exact) mass is 285 g/mol. The molecule has 1 N–H and O–H groups in total. The first-order valence-electron chi connectivity index (χ1n) is 6.77. The molecule has 1 unspecified atom stereocenters. The van der Waals surface area contributed by atoms with Gasteiger partial charge in [0, 0.05) is 12.4 Å². The van der Waals surface area contributed by atoms with Crippen molar-refractivity contribution in [1.29, 1.82) is 0 Å². The number of carbonyl (C=O) groups excluding carboxylic acids is 1. The van der Waals surface area contributed by atoms with Crippen molar-refractivity contribution in [3.63, 3.8) is 0 Å². The SMILES string of the molecule is O=C(NCc1cccc(CCl)c1)C1Cc2ccccc21. The van der Waals surface area contributed by atoms with Crippen LogP contribution in [0.15, 0.2) is 48.5 Å². The van der Waals surface area contributed by atoms with Crippen molar-refractivity contribution in [3.8, 4) is 0 Å². The number of alkyl halides is 1. The van der Waals surface area contributed by atoms with Crippen LogP contribution in [0.25, 0.3) is 0 Å². The number of amides is 1. The first kappa shape index (κ1) is 13.2. The number of halogens is 1. The van der Waals surface area contributed by atoms with E-state index in [1.807, 2.05) is 42.5 Å². The van der Waals surface area contributed by atoms with E-state index < -0.39 is 0 Å². The van der Waals surface area contributed by atoms with Gasteiger partial charge >= 0.3 is 0 Å². The van der Waals surface area contributed by atoms with Gasteiger partial charge in [-0.25, -0.2) is 0 Å². The Kier molecular flexibility index (Phi) is 3.75. The Labute approximate surface area is 123 Å².